The van der Waals surface area contributed by atoms with Crippen LogP contribution in [-0.2, 0) is 9.47 Å². The van der Waals surface area contributed by atoms with Gasteiger partial charge in [0.05, 0.1) is 10.4 Å². The molecule has 0 aromatic heterocycles. The molecular formula is C26H36O2Si2. The topological polar surface area (TPSA) is 18.5 Å². The highest BCUT2D eigenvalue weighted by atomic mass is 28.3. The zero-order chi connectivity index (χ0) is 20.9. The first kappa shape index (κ1) is 21.8. The van der Waals surface area contributed by atoms with Crippen LogP contribution in [0.1, 0.15) is 45.4 Å². The van der Waals surface area contributed by atoms with Crippen LogP contribution >= 0.6 is 0 Å². The highest BCUT2D eigenvalue weighted by Crippen LogP contribution is 2.47. The summed E-state index contributed by atoms with van der Waals surface area (Å²) in [5.41, 5.74) is 2.30. The van der Waals surface area contributed by atoms with E-state index in [0.717, 1.165) is 32.5 Å². The van der Waals surface area contributed by atoms with E-state index in [1.54, 1.807) is 0 Å². The summed E-state index contributed by atoms with van der Waals surface area (Å²) in [7, 11) is -3.15. The molecule has 2 saturated heterocycles. The van der Waals surface area contributed by atoms with Crippen molar-refractivity contribution < 1.29 is 9.47 Å². The molecule has 3 unspecified atom stereocenters. The quantitative estimate of drug-likeness (QED) is 0.612. The second kappa shape index (κ2) is 9.77. The molecule has 2 aromatic rings. The van der Waals surface area contributed by atoms with Crippen molar-refractivity contribution in [2.75, 3.05) is 13.2 Å². The monoisotopic (exact) mass is 436 g/mol. The van der Waals surface area contributed by atoms with E-state index in [1.807, 2.05) is 0 Å². The maximum Gasteiger partial charge on any atom is 0.141 e. The Labute approximate surface area is 185 Å². The minimum atomic E-state index is -1.75. The summed E-state index contributed by atoms with van der Waals surface area (Å²) in [5.74, 6) is 0. The van der Waals surface area contributed by atoms with Crippen LogP contribution in [0.3, 0.4) is 0 Å². The third-order valence-electron chi connectivity index (χ3n) is 7.38. The van der Waals surface area contributed by atoms with Crippen LogP contribution in [0.5, 0.6) is 0 Å². The maximum atomic E-state index is 7.09. The molecule has 2 aliphatic heterocycles. The van der Waals surface area contributed by atoms with E-state index in [9.17, 15) is 0 Å². The lowest BCUT2D eigenvalue weighted by Gasteiger charge is -2.59. The van der Waals surface area contributed by atoms with Gasteiger partial charge >= 0.3 is 0 Å². The standard InChI is InChI=1S/C26H36O2Si2/c1-3-29(4-2)25(19-11-13-21-27-25)26(20-12-14-22-28-26)30(23-15-7-5-8-16-23)24-17-9-6-10-18-24/h3,5-10,15-18,29-30H,1,4,11-14,19-22H2,2H3. The minimum Gasteiger partial charge on any atom is -0.376 e. The highest BCUT2D eigenvalue weighted by molar-refractivity contribution is 6.89. The van der Waals surface area contributed by atoms with Gasteiger partial charge in [-0.25, -0.2) is 0 Å². The molecule has 4 rings (SSSR count). The number of rotatable bonds is 7. The van der Waals surface area contributed by atoms with Crippen molar-refractivity contribution in [1.29, 1.82) is 0 Å². The van der Waals surface area contributed by atoms with Crippen LogP contribution in [0.25, 0.3) is 0 Å². The first-order chi connectivity index (χ1) is 14.8. The van der Waals surface area contributed by atoms with Gasteiger partial charge < -0.3 is 9.47 Å². The van der Waals surface area contributed by atoms with Crippen molar-refractivity contribution in [3.63, 3.8) is 0 Å². The van der Waals surface area contributed by atoms with Gasteiger partial charge in [-0.05, 0) is 38.5 Å². The summed E-state index contributed by atoms with van der Waals surface area (Å²) in [6, 6.07) is 23.6. The average Bonchev–Trinajstić information content (AvgIpc) is 2.82. The largest absolute Gasteiger partial charge is 0.376 e. The van der Waals surface area contributed by atoms with E-state index in [2.05, 4.69) is 79.9 Å². The Morgan fingerprint density at radius 3 is 1.70 bits per heavy atom. The number of ether oxygens (including phenoxy) is 2. The number of hydrogen-bond donors (Lipinski definition) is 0. The average molecular weight is 437 g/mol. The predicted octanol–water partition coefficient (Wildman–Crippen LogP) is 3.96. The first-order valence-corrected chi connectivity index (χ1v) is 15.6. The van der Waals surface area contributed by atoms with Gasteiger partial charge in [-0.1, -0.05) is 84.0 Å². The summed E-state index contributed by atoms with van der Waals surface area (Å²) in [4.78, 5) is 0. The fraction of sp³-hybridized carbons (Fsp3) is 0.462. The summed E-state index contributed by atoms with van der Waals surface area (Å²) in [5, 5.41) is 2.61. The van der Waals surface area contributed by atoms with Crippen molar-refractivity contribution in [1.82, 2.24) is 0 Å². The fourth-order valence-electron chi connectivity index (χ4n) is 6.09. The van der Waals surface area contributed by atoms with E-state index >= 15 is 0 Å². The zero-order valence-corrected chi connectivity index (χ0v) is 20.7. The zero-order valence-electron chi connectivity index (χ0n) is 18.4. The van der Waals surface area contributed by atoms with Crippen molar-refractivity contribution in [2.24, 2.45) is 0 Å². The van der Waals surface area contributed by atoms with Gasteiger partial charge in [-0.3, -0.25) is 0 Å². The molecule has 160 valence electrons. The van der Waals surface area contributed by atoms with E-state index in [4.69, 9.17) is 9.47 Å². The van der Waals surface area contributed by atoms with E-state index in [1.165, 1.54) is 35.7 Å². The smallest absolute Gasteiger partial charge is 0.141 e. The van der Waals surface area contributed by atoms with E-state index in [0.29, 0.717) is 0 Å². The molecule has 2 heterocycles. The summed E-state index contributed by atoms with van der Waals surface area (Å²) < 4.78 is 14.1. The van der Waals surface area contributed by atoms with Gasteiger partial charge in [0.2, 0.25) is 0 Å². The van der Waals surface area contributed by atoms with Crippen LogP contribution in [-0.4, -0.2) is 41.3 Å². The molecule has 0 N–H and O–H groups in total. The van der Waals surface area contributed by atoms with Crippen LogP contribution < -0.4 is 10.4 Å². The van der Waals surface area contributed by atoms with Gasteiger partial charge in [0.15, 0.2) is 0 Å². The molecule has 2 nitrogen and oxygen atoms in total. The molecule has 0 saturated carbocycles. The number of hydrogen-bond acceptors (Lipinski definition) is 2. The molecule has 0 amide bonds. The summed E-state index contributed by atoms with van der Waals surface area (Å²) in [6.07, 6.45) is 7.05. The van der Waals surface area contributed by atoms with Crippen LogP contribution in [0.15, 0.2) is 72.9 Å². The molecule has 3 atom stereocenters. The predicted molar refractivity (Wildman–Crippen MR) is 132 cm³/mol. The molecule has 4 heteroatoms. The second-order valence-corrected chi connectivity index (χ2v) is 15.5. The molecule has 2 aliphatic rings. The van der Waals surface area contributed by atoms with Gasteiger partial charge in [-0.15, -0.1) is 12.3 Å². The Morgan fingerprint density at radius 2 is 1.30 bits per heavy atom. The Hall–Kier alpha value is -1.47. The lowest BCUT2D eigenvalue weighted by atomic mass is 9.96. The lowest BCUT2D eigenvalue weighted by Crippen LogP contribution is -2.78. The van der Waals surface area contributed by atoms with Crippen molar-refractivity contribution in [3.05, 3.63) is 72.9 Å². The van der Waals surface area contributed by atoms with Crippen molar-refractivity contribution >= 4 is 28.0 Å². The second-order valence-electron chi connectivity index (χ2n) is 8.89. The Balaban J connectivity index is 1.95. The van der Waals surface area contributed by atoms with E-state index < -0.39 is 17.6 Å². The molecule has 2 aromatic carbocycles. The molecular weight excluding hydrogens is 400 g/mol. The Bertz CT molecular complexity index is 757. The van der Waals surface area contributed by atoms with Crippen LogP contribution in [0, 0.1) is 0 Å². The van der Waals surface area contributed by atoms with Crippen LogP contribution in [0.2, 0.25) is 6.04 Å². The third-order valence-corrected chi connectivity index (χ3v) is 15.3. The van der Waals surface area contributed by atoms with Crippen molar-refractivity contribution in [3.8, 4) is 0 Å². The van der Waals surface area contributed by atoms with Gasteiger partial charge in [0.1, 0.15) is 17.6 Å². The maximum absolute atomic E-state index is 7.09. The van der Waals surface area contributed by atoms with E-state index in [-0.39, 0.29) is 10.4 Å². The normalized spacial score (nSPS) is 28.2. The summed E-state index contributed by atoms with van der Waals surface area (Å²) >= 11 is 0. The minimum absolute atomic E-state index is 0.148. The van der Waals surface area contributed by atoms with Gasteiger partial charge in [0, 0.05) is 13.2 Å². The molecule has 0 bridgehead atoms. The Kier molecular flexibility index (Phi) is 7.09. The lowest BCUT2D eigenvalue weighted by molar-refractivity contribution is -0.163. The summed E-state index contributed by atoms with van der Waals surface area (Å²) in [6.45, 7) is 8.39. The molecule has 0 aliphatic carbocycles. The van der Waals surface area contributed by atoms with Gasteiger partial charge in [0.25, 0.3) is 0 Å². The fourth-order valence-corrected chi connectivity index (χ4v) is 14.5. The third kappa shape index (κ3) is 3.79. The van der Waals surface area contributed by atoms with Crippen LogP contribution in [0.4, 0.5) is 0 Å². The SMILES string of the molecule is C=C[SiH](CC)C1(C2([SiH](c3ccccc3)c3ccccc3)CCCCO2)CCCCO1. The molecule has 0 spiro atoms. The first-order valence-electron chi connectivity index (χ1n) is 11.8. The molecule has 2 fully saturated rings. The van der Waals surface area contributed by atoms with Gasteiger partial charge in [-0.2, -0.15) is 0 Å². The molecule has 0 radical (unpaired) electrons. The molecule has 30 heavy (non-hydrogen) atoms. The highest BCUT2D eigenvalue weighted by Gasteiger charge is 2.62. The van der Waals surface area contributed by atoms with Crippen molar-refractivity contribution in [2.45, 2.75) is 61.9 Å². The number of benzene rings is 2. The Morgan fingerprint density at radius 1 is 0.800 bits per heavy atom.